The van der Waals surface area contributed by atoms with Gasteiger partial charge in [-0.1, -0.05) is 30.3 Å². The summed E-state index contributed by atoms with van der Waals surface area (Å²) in [5.74, 6) is 0.339. The van der Waals surface area contributed by atoms with Crippen molar-refractivity contribution < 1.29 is 9.59 Å². The predicted octanol–water partition coefficient (Wildman–Crippen LogP) is 3.80. The highest BCUT2D eigenvalue weighted by molar-refractivity contribution is 5.99. The molecule has 0 saturated carbocycles. The van der Waals surface area contributed by atoms with Crippen LogP contribution in [-0.2, 0) is 0 Å². The molecule has 2 heterocycles. The molecule has 32 heavy (non-hydrogen) atoms. The van der Waals surface area contributed by atoms with E-state index in [1.54, 1.807) is 24.3 Å². The molecule has 2 aromatic heterocycles. The molecule has 0 aliphatic carbocycles. The maximum Gasteiger partial charge on any atom is 0.323 e. The van der Waals surface area contributed by atoms with Crippen LogP contribution in [0.25, 0.3) is 5.82 Å². The third kappa shape index (κ3) is 5.14. The number of hydrogen-bond donors (Lipinski definition) is 3. The zero-order valence-corrected chi connectivity index (χ0v) is 17.3. The summed E-state index contributed by atoms with van der Waals surface area (Å²) in [6.07, 6.45) is 4.45. The minimum Gasteiger partial charge on any atom is -0.345 e. The fourth-order valence-corrected chi connectivity index (χ4v) is 3.02. The number of anilines is 2. The highest BCUT2D eigenvalue weighted by Gasteiger charge is 2.13. The van der Waals surface area contributed by atoms with Crippen molar-refractivity contribution in [1.29, 1.82) is 0 Å². The summed E-state index contributed by atoms with van der Waals surface area (Å²) in [6.45, 7) is 1.89. The Kier molecular flexibility index (Phi) is 6.17. The molecule has 0 aliphatic heterocycles. The molecular weight excluding hydrogens is 406 g/mol. The van der Waals surface area contributed by atoms with E-state index in [0.29, 0.717) is 22.8 Å². The van der Waals surface area contributed by atoms with E-state index in [9.17, 15) is 9.59 Å². The Balaban J connectivity index is 1.32. The lowest BCUT2D eigenvalue weighted by Gasteiger charge is -2.15. The molecule has 3 N–H and O–H groups in total. The van der Waals surface area contributed by atoms with Crippen LogP contribution >= 0.6 is 0 Å². The molecule has 1 unspecified atom stereocenters. The Bertz CT molecular complexity index is 1180. The van der Waals surface area contributed by atoms with Gasteiger partial charge in [0, 0.05) is 17.6 Å². The number of rotatable bonds is 6. The van der Waals surface area contributed by atoms with Gasteiger partial charge in [0.25, 0.3) is 5.91 Å². The summed E-state index contributed by atoms with van der Waals surface area (Å²) in [5.41, 5.74) is 2.70. The van der Waals surface area contributed by atoms with E-state index in [0.717, 1.165) is 5.56 Å². The molecule has 3 amide bonds. The summed E-state index contributed by atoms with van der Waals surface area (Å²) in [6, 6.07) is 19.3. The van der Waals surface area contributed by atoms with Crippen LogP contribution < -0.4 is 16.0 Å². The van der Waals surface area contributed by atoms with Gasteiger partial charge in [0.05, 0.1) is 11.6 Å². The van der Waals surface area contributed by atoms with E-state index in [2.05, 4.69) is 31.0 Å². The van der Waals surface area contributed by atoms with Crippen LogP contribution in [0.15, 0.2) is 85.6 Å². The van der Waals surface area contributed by atoms with Crippen molar-refractivity contribution in [3.63, 3.8) is 0 Å². The molecule has 2 aromatic carbocycles. The standard InChI is InChI=1S/C23H21N7O2/c1-16(27-22(31)18-9-12-21(25-13-18)30-15-24-14-26-30)17-7-10-20(11-8-17)29-23(32)28-19-5-3-2-4-6-19/h2-16H,1H3,(H,27,31)(H2,28,29,32). The number of hydrogen-bond acceptors (Lipinski definition) is 5. The SMILES string of the molecule is CC(NC(=O)c1ccc(-n2cncn2)nc1)c1ccc(NC(=O)Nc2ccccc2)cc1. The predicted molar refractivity (Wildman–Crippen MR) is 121 cm³/mol. The molecule has 0 saturated heterocycles. The summed E-state index contributed by atoms with van der Waals surface area (Å²) in [7, 11) is 0. The molecule has 160 valence electrons. The van der Waals surface area contributed by atoms with Crippen molar-refractivity contribution in [2.75, 3.05) is 10.6 Å². The van der Waals surface area contributed by atoms with Gasteiger partial charge in [-0.3, -0.25) is 4.79 Å². The average Bonchev–Trinajstić information content (AvgIpc) is 3.35. The van der Waals surface area contributed by atoms with E-state index < -0.39 is 0 Å². The molecular formula is C23H21N7O2. The van der Waals surface area contributed by atoms with E-state index in [1.165, 1.54) is 23.5 Å². The van der Waals surface area contributed by atoms with Crippen molar-refractivity contribution >= 4 is 23.3 Å². The molecule has 0 fully saturated rings. The lowest BCUT2D eigenvalue weighted by molar-refractivity contribution is 0.0939. The molecule has 9 heteroatoms. The number of para-hydroxylation sites is 1. The number of carbonyl (C=O) groups excluding carboxylic acids is 2. The Morgan fingerprint density at radius 2 is 1.62 bits per heavy atom. The fourth-order valence-electron chi connectivity index (χ4n) is 3.02. The van der Waals surface area contributed by atoms with Crippen LogP contribution in [0.4, 0.5) is 16.2 Å². The van der Waals surface area contributed by atoms with Crippen LogP contribution in [0.5, 0.6) is 0 Å². The summed E-state index contributed by atoms with van der Waals surface area (Å²) in [4.78, 5) is 32.8. The number of benzene rings is 2. The second-order valence-corrected chi connectivity index (χ2v) is 7.01. The second kappa shape index (κ2) is 9.52. The van der Waals surface area contributed by atoms with Gasteiger partial charge in [0.15, 0.2) is 5.82 Å². The maximum absolute atomic E-state index is 12.6. The Labute approximate surface area is 184 Å². The zero-order chi connectivity index (χ0) is 22.3. The normalized spacial score (nSPS) is 11.4. The monoisotopic (exact) mass is 427 g/mol. The average molecular weight is 427 g/mol. The highest BCUT2D eigenvalue weighted by Crippen LogP contribution is 2.17. The number of aromatic nitrogens is 4. The highest BCUT2D eigenvalue weighted by atomic mass is 16.2. The molecule has 0 bridgehead atoms. The molecule has 0 aliphatic rings. The van der Waals surface area contributed by atoms with Crippen LogP contribution in [0.2, 0.25) is 0 Å². The Morgan fingerprint density at radius 1 is 0.906 bits per heavy atom. The molecule has 0 radical (unpaired) electrons. The van der Waals surface area contributed by atoms with Crippen LogP contribution in [0.3, 0.4) is 0 Å². The lowest BCUT2D eigenvalue weighted by atomic mass is 10.1. The summed E-state index contributed by atoms with van der Waals surface area (Å²) >= 11 is 0. The number of urea groups is 1. The third-order valence-corrected chi connectivity index (χ3v) is 4.71. The van der Waals surface area contributed by atoms with Gasteiger partial charge < -0.3 is 16.0 Å². The van der Waals surface area contributed by atoms with Gasteiger partial charge in [-0.25, -0.2) is 19.4 Å². The molecule has 4 aromatic rings. The minimum absolute atomic E-state index is 0.232. The zero-order valence-electron chi connectivity index (χ0n) is 17.3. The quantitative estimate of drug-likeness (QED) is 0.433. The topological polar surface area (TPSA) is 114 Å². The number of nitrogens with zero attached hydrogens (tertiary/aromatic N) is 4. The van der Waals surface area contributed by atoms with Crippen molar-refractivity contribution in [2.45, 2.75) is 13.0 Å². The second-order valence-electron chi connectivity index (χ2n) is 7.01. The number of nitrogens with one attached hydrogen (secondary N) is 3. The van der Waals surface area contributed by atoms with E-state index in [4.69, 9.17) is 0 Å². The molecule has 9 nitrogen and oxygen atoms in total. The van der Waals surface area contributed by atoms with Crippen LogP contribution in [0.1, 0.15) is 28.9 Å². The Hall–Kier alpha value is -4.53. The van der Waals surface area contributed by atoms with Gasteiger partial charge in [-0.05, 0) is 48.9 Å². The molecule has 1 atom stereocenters. The van der Waals surface area contributed by atoms with E-state index >= 15 is 0 Å². The smallest absolute Gasteiger partial charge is 0.323 e. The van der Waals surface area contributed by atoms with E-state index in [1.807, 2.05) is 49.4 Å². The van der Waals surface area contributed by atoms with Gasteiger partial charge in [0.1, 0.15) is 12.7 Å². The molecule has 0 spiro atoms. The van der Waals surface area contributed by atoms with Crippen LogP contribution in [0, 0.1) is 0 Å². The van der Waals surface area contributed by atoms with Crippen molar-refractivity contribution in [2.24, 2.45) is 0 Å². The van der Waals surface area contributed by atoms with Gasteiger partial charge >= 0.3 is 6.03 Å². The summed E-state index contributed by atoms with van der Waals surface area (Å²) in [5, 5.41) is 12.5. The van der Waals surface area contributed by atoms with Crippen molar-refractivity contribution in [3.8, 4) is 5.82 Å². The van der Waals surface area contributed by atoms with Gasteiger partial charge in [-0.2, -0.15) is 5.10 Å². The minimum atomic E-state index is -0.327. The number of amides is 3. The lowest BCUT2D eigenvalue weighted by Crippen LogP contribution is -2.26. The van der Waals surface area contributed by atoms with Gasteiger partial charge in [0.2, 0.25) is 0 Å². The first-order chi connectivity index (χ1) is 15.6. The maximum atomic E-state index is 12.6. The first kappa shape index (κ1) is 20.7. The number of pyridine rings is 1. The molecule has 4 rings (SSSR count). The van der Waals surface area contributed by atoms with Crippen molar-refractivity contribution in [3.05, 3.63) is 96.7 Å². The fraction of sp³-hybridized carbons (Fsp3) is 0.0870. The largest absolute Gasteiger partial charge is 0.345 e. The third-order valence-electron chi connectivity index (χ3n) is 4.71. The van der Waals surface area contributed by atoms with Crippen molar-refractivity contribution in [1.82, 2.24) is 25.1 Å². The first-order valence-corrected chi connectivity index (χ1v) is 9.93. The van der Waals surface area contributed by atoms with E-state index in [-0.39, 0.29) is 18.0 Å². The summed E-state index contributed by atoms with van der Waals surface area (Å²) < 4.78 is 1.51. The van der Waals surface area contributed by atoms with Crippen LogP contribution in [-0.4, -0.2) is 31.7 Å². The number of carbonyl (C=O) groups is 2. The first-order valence-electron chi connectivity index (χ1n) is 9.93. The van der Waals surface area contributed by atoms with Gasteiger partial charge in [-0.15, -0.1) is 0 Å². The Morgan fingerprint density at radius 3 is 2.25 bits per heavy atom.